The Bertz CT molecular complexity index is 589. The summed E-state index contributed by atoms with van der Waals surface area (Å²) in [5.74, 6) is 1.36. The third-order valence-corrected chi connectivity index (χ3v) is 6.65. The molecule has 1 aromatic carbocycles. The van der Waals surface area contributed by atoms with Crippen LogP contribution in [0.4, 0.5) is 5.69 Å². The van der Waals surface area contributed by atoms with Gasteiger partial charge in [-0.15, -0.1) is 0 Å². The third-order valence-electron chi connectivity index (χ3n) is 3.39. The van der Waals surface area contributed by atoms with Crippen LogP contribution in [0.1, 0.15) is 12.8 Å². The van der Waals surface area contributed by atoms with Gasteiger partial charge in [0.05, 0.1) is 5.69 Å². The minimum Gasteiger partial charge on any atom is -0.381 e. The van der Waals surface area contributed by atoms with Crippen LogP contribution in [-0.2, 0) is 20.8 Å². The van der Waals surface area contributed by atoms with E-state index in [0.717, 1.165) is 12.8 Å². The molecule has 0 unspecified atom stereocenters. The molecule has 0 saturated carbocycles. The molecule has 1 fully saturated rings. The molecular weight excluding hydrogens is 296 g/mol. The van der Waals surface area contributed by atoms with E-state index in [4.69, 9.17) is 0 Å². The first-order valence-corrected chi connectivity index (χ1v) is 9.47. The molecule has 1 N–H and O–H groups in total. The molecule has 0 aliphatic carbocycles. The smallest absolute Gasteiger partial charge is 0.244 e. The van der Waals surface area contributed by atoms with E-state index in [9.17, 15) is 12.6 Å². The molecule has 1 aromatic rings. The minimum absolute atomic E-state index is 0.186. The first-order chi connectivity index (χ1) is 9.41. The fourth-order valence-electron chi connectivity index (χ4n) is 2.17. The summed E-state index contributed by atoms with van der Waals surface area (Å²) in [6, 6.07) is 7.11. The van der Waals surface area contributed by atoms with Crippen LogP contribution in [0.25, 0.3) is 0 Å². The summed E-state index contributed by atoms with van der Waals surface area (Å²) in [5, 5.41) is 3.29. The van der Waals surface area contributed by atoms with Crippen LogP contribution >= 0.6 is 0 Å². The van der Waals surface area contributed by atoms with Gasteiger partial charge in [-0.05, 0) is 25.0 Å². The molecule has 1 heterocycles. The lowest BCUT2D eigenvalue weighted by atomic mass is 10.1. The minimum atomic E-state index is -3.46. The SMILES string of the molecule is CN(C)S(=O)(=O)c1ccccc1NC1CCS(=O)CC1. The molecule has 1 aliphatic heterocycles. The maximum atomic E-state index is 12.3. The van der Waals surface area contributed by atoms with Crippen LogP contribution in [0, 0.1) is 0 Å². The number of nitrogens with one attached hydrogen (secondary N) is 1. The van der Waals surface area contributed by atoms with Crippen molar-refractivity contribution in [1.29, 1.82) is 0 Å². The number of rotatable bonds is 4. The standard InChI is InChI=1S/C13H20N2O3S2/c1-15(2)20(17,18)13-6-4-3-5-12(13)14-11-7-9-19(16)10-8-11/h3-6,11,14H,7-10H2,1-2H3. The number of anilines is 1. The van der Waals surface area contributed by atoms with Crippen molar-refractivity contribution in [3.05, 3.63) is 24.3 Å². The number of hydrogen-bond acceptors (Lipinski definition) is 4. The van der Waals surface area contributed by atoms with Gasteiger partial charge in [0.25, 0.3) is 0 Å². The topological polar surface area (TPSA) is 66.5 Å². The van der Waals surface area contributed by atoms with Crippen molar-refractivity contribution >= 4 is 26.5 Å². The molecule has 0 aromatic heterocycles. The van der Waals surface area contributed by atoms with Crippen molar-refractivity contribution in [2.24, 2.45) is 0 Å². The van der Waals surface area contributed by atoms with Crippen LogP contribution < -0.4 is 5.32 Å². The lowest BCUT2D eigenvalue weighted by Gasteiger charge is -2.25. The van der Waals surface area contributed by atoms with Crippen LogP contribution in [0.15, 0.2) is 29.2 Å². The average Bonchev–Trinajstić information content (AvgIpc) is 2.41. The highest BCUT2D eigenvalue weighted by molar-refractivity contribution is 7.89. The molecule has 0 bridgehead atoms. The number of benzene rings is 1. The van der Waals surface area contributed by atoms with Crippen molar-refractivity contribution in [3.8, 4) is 0 Å². The van der Waals surface area contributed by atoms with Crippen LogP contribution in [0.3, 0.4) is 0 Å². The van der Waals surface area contributed by atoms with E-state index in [1.54, 1.807) is 18.2 Å². The van der Waals surface area contributed by atoms with Gasteiger partial charge in [-0.2, -0.15) is 0 Å². The Labute approximate surface area is 122 Å². The molecule has 1 aliphatic rings. The molecule has 2 rings (SSSR count). The summed E-state index contributed by atoms with van der Waals surface area (Å²) < 4.78 is 37.1. The predicted octanol–water partition coefficient (Wildman–Crippen LogP) is 1.26. The highest BCUT2D eigenvalue weighted by Crippen LogP contribution is 2.25. The Morgan fingerprint density at radius 2 is 1.80 bits per heavy atom. The Kier molecular flexibility index (Phi) is 4.82. The molecule has 0 atom stereocenters. The molecule has 7 heteroatoms. The molecule has 5 nitrogen and oxygen atoms in total. The van der Waals surface area contributed by atoms with Gasteiger partial charge in [-0.1, -0.05) is 12.1 Å². The highest BCUT2D eigenvalue weighted by Gasteiger charge is 2.23. The van der Waals surface area contributed by atoms with Crippen LogP contribution in [-0.4, -0.2) is 48.6 Å². The number of para-hydroxylation sites is 1. The summed E-state index contributed by atoms with van der Waals surface area (Å²) in [7, 11) is -1.13. The maximum Gasteiger partial charge on any atom is 0.244 e. The van der Waals surface area contributed by atoms with E-state index in [1.807, 2.05) is 6.07 Å². The van der Waals surface area contributed by atoms with Crippen LogP contribution in [0.2, 0.25) is 0 Å². The van der Waals surface area contributed by atoms with Gasteiger partial charge in [0, 0.05) is 42.4 Å². The highest BCUT2D eigenvalue weighted by atomic mass is 32.2. The Morgan fingerprint density at radius 1 is 1.20 bits per heavy atom. The van der Waals surface area contributed by atoms with Crippen molar-refractivity contribution < 1.29 is 12.6 Å². The number of sulfonamides is 1. The molecule has 20 heavy (non-hydrogen) atoms. The number of nitrogens with zero attached hydrogens (tertiary/aromatic N) is 1. The van der Waals surface area contributed by atoms with Gasteiger partial charge < -0.3 is 5.32 Å². The zero-order valence-corrected chi connectivity index (χ0v) is 13.3. The van der Waals surface area contributed by atoms with Crippen molar-refractivity contribution in [2.45, 2.75) is 23.8 Å². The van der Waals surface area contributed by atoms with Gasteiger partial charge in [0.15, 0.2) is 0 Å². The zero-order chi connectivity index (χ0) is 14.8. The predicted molar refractivity (Wildman–Crippen MR) is 81.8 cm³/mol. The molecule has 1 saturated heterocycles. The fraction of sp³-hybridized carbons (Fsp3) is 0.538. The summed E-state index contributed by atoms with van der Waals surface area (Å²) in [6.45, 7) is 0. The molecule has 0 spiro atoms. The quantitative estimate of drug-likeness (QED) is 0.908. The van der Waals surface area contributed by atoms with Crippen molar-refractivity contribution in [3.63, 3.8) is 0 Å². The monoisotopic (exact) mass is 316 g/mol. The van der Waals surface area contributed by atoms with E-state index in [-0.39, 0.29) is 10.9 Å². The normalized spacial score (nSPS) is 23.8. The van der Waals surface area contributed by atoms with Crippen molar-refractivity contribution in [1.82, 2.24) is 4.31 Å². The Hall–Kier alpha value is -0.920. The lowest BCUT2D eigenvalue weighted by molar-refractivity contribution is 0.520. The zero-order valence-electron chi connectivity index (χ0n) is 11.7. The first-order valence-electron chi connectivity index (χ1n) is 6.54. The van der Waals surface area contributed by atoms with Gasteiger partial charge in [-0.3, -0.25) is 4.21 Å². The Balaban J connectivity index is 2.23. The van der Waals surface area contributed by atoms with E-state index >= 15 is 0 Å². The first kappa shape index (κ1) is 15.5. The van der Waals surface area contributed by atoms with E-state index in [1.165, 1.54) is 18.4 Å². The van der Waals surface area contributed by atoms with Gasteiger partial charge in [0.2, 0.25) is 10.0 Å². The summed E-state index contributed by atoms with van der Waals surface area (Å²) in [5.41, 5.74) is 0.624. The van der Waals surface area contributed by atoms with Gasteiger partial charge in [0.1, 0.15) is 4.90 Å². The lowest BCUT2D eigenvalue weighted by Crippen LogP contribution is -2.30. The largest absolute Gasteiger partial charge is 0.381 e. The summed E-state index contributed by atoms with van der Waals surface area (Å²) >= 11 is 0. The van der Waals surface area contributed by atoms with Crippen LogP contribution in [0.5, 0.6) is 0 Å². The second-order valence-electron chi connectivity index (χ2n) is 5.05. The van der Waals surface area contributed by atoms with Gasteiger partial charge >= 0.3 is 0 Å². The Morgan fingerprint density at radius 3 is 2.40 bits per heavy atom. The van der Waals surface area contributed by atoms with E-state index in [0.29, 0.717) is 17.2 Å². The number of hydrogen-bond donors (Lipinski definition) is 1. The molecule has 112 valence electrons. The fourth-order valence-corrected chi connectivity index (χ4v) is 4.51. The average molecular weight is 316 g/mol. The molecule has 0 amide bonds. The second-order valence-corrected chi connectivity index (χ2v) is 8.87. The molecular formula is C13H20N2O3S2. The summed E-state index contributed by atoms with van der Waals surface area (Å²) in [4.78, 5) is 0.289. The van der Waals surface area contributed by atoms with Gasteiger partial charge in [-0.25, -0.2) is 12.7 Å². The third kappa shape index (κ3) is 3.39. The van der Waals surface area contributed by atoms with Crippen molar-refractivity contribution in [2.75, 3.05) is 30.9 Å². The van der Waals surface area contributed by atoms with E-state index in [2.05, 4.69) is 5.32 Å². The maximum absolute atomic E-state index is 12.3. The molecule has 0 radical (unpaired) electrons. The second kappa shape index (κ2) is 6.24. The summed E-state index contributed by atoms with van der Waals surface area (Å²) in [6.07, 6.45) is 1.62. The van der Waals surface area contributed by atoms with E-state index < -0.39 is 20.8 Å².